The lowest BCUT2D eigenvalue weighted by Gasteiger charge is -2.21. The van der Waals surface area contributed by atoms with Gasteiger partial charge in [-0.2, -0.15) is 0 Å². The lowest BCUT2D eigenvalue weighted by Crippen LogP contribution is -2.30. The maximum Gasteiger partial charge on any atom is 0.0968 e. The van der Waals surface area contributed by atoms with Crippen molar-refractivity contribution in [1.82, 2.24) is 4.90 Å². The van der Waals surface area contributed by atoms with Gasteiger partial charge in [-0.05, 0) is 26.3 Å². The Kier molecular flexibility index (Phi) is 2.51. The highest BCUT2D eigenvalue weighted by Gasteiger charge is 2.28. The standard InChI is InChI=1S/C13H18N2/c1-11-14-13(2,3)10-15(11)9-12-7-5-4-6-8-12/h4-8H,9-10H2,1-3H3. The van der Waals surface area contributed by atoms with Gasteiger partial charge in [0, 0.05) is 13.1 Å². The van der Waals surface area contributed by atoms with Crippen molar-refractivity contribution in [3.63, 3.8) is 0 Å². The molecule has 2 heteroatoms. The normalized spacial score (nSPS) is 19.1. The van der Waals surface area contributed by atoms with E-state index < -0.39 is 0 Å². The van der Waals surface area contributed by atoms with Gasteiger partial charge in [0.2, 0.25) is 0 Å². The highest BCUT2D eigenvalue weighted by Crippen LogP contribution is 2.21. The van der Waals surface area contributed by atoms with E-state index in [4.69, 9.17) is 0 Å². The first-order valence-corrected chi connectivity index (χ1v) is 5.42. The first-order chi connectivity index (χ1) is 7.07. The quantitative estimate of drug-likeness (QED) is 0.720. The van der Waals surface area contributed by atoms with Gasteiger partial charge in [0.15, 0.2) is 0 Å². The van der Waals surface area contributed by atoms with Crippen LogP contribution in [0.25, 0.3) is 0 Å². The minimum atomic E-state index is 0.0822. The molecule has 0 unspecified atom stereocenters. The van der Waals surface area contributed by atoms with Crippen molar-refractivity contribution in [2.45, 2.75) is 32.9 Å². The highest BCUT2D eigenvalue weighted by atomic mass is 15.3. The second kappa shape index (κ2) is 3.69. The van der Waals surface area contributed by atoms with Crippen LogP contribution in [0.1, 0.15) is 26.3 Å². The van der Waals surface area contributed by atoms with E-state index in [1.54, 1.807) is 0 Å². The third-order valence-electron chi connectivity index (χ3n) is 2.72. The summed E-state index contributed by atoms with van der Waals surface area (Å²) in [6, 6.07) is 10.6. The summed E-state index contributed by atoms with van der Waals surface area (Å²) in [4.78, 5) is 6.98. The number of amidine groups is 1. The summed E-state index contributed by atoms with van der Waals surface area (Å²) in [7, 11) is 0. The fraction of sp³-hybridized carbons (Fsp3) is 0.462. The summed E-state index contributed by atoms with van der Waals surface area (Å²) in [5.74, 6) is 1.16. The zero-order valence-corrected chi connectivity index (χ0v) is 9.70. The van der Waals surface area contributed by atoms with Crippen molar-refractivity contribution in [2.24, 2.45) is 4.99 Å². The van der Waals surface area contributed by atoms with Crippen LogP contribution in [0.5, 0.6) is 0 Å². The third kappa shape index (κ3) is 2.38. The van der Waals surface area contributed by atoms with E-state index >= 15 is 0 Å². The van der Waals surface area contributed by atoms with Gasteiger partial charge >= 0.3 is 0 Å². The smallest absolute Gasteiger partial charge is 0.0968 e. The number of hydrogen-bond acceptors (Lipinski definition) is 2. The molecule has 0 bridgehead atoms. The van der Waals surface area contributed by atoms with Gasteiger partial charge in [-0.1, -0.05) is 30.3 Å². The van der Waals surface area contributed by atoms with Crippen molar-refractivity contribution in [2.75, 3.05) is 6.54 Å². The van der Waals surface area contributed by atoms with E-state index in [1.165, 1.54) is 5.56 Å². The average Bonchev–Trinajstić information content (AvgIpc) is 2.41. The van der Waals surface area contributed by atoms with Crippen LogP contribution in [0.15, 0.2) is 35.3 Å². The molecule has 0 aromatic heterocycles. The Bertz CT molecular complexity index is 365. The maximum atomic E-state index is 4.64. The van der Waals surface area contributed by atoms with Gasteiger partial charge in [-0.25, -0.2) is 0 Å². The Hall–Kier alpha value is -1.31. The second-order valence-corrected chi connectivity index (χ2v) is 4.81. The third-order valence-corrected chi connectivity index (χ3v) is 2.72. The van der Waals surface area contributed by atoms with Gasteiger partial charge in [0.1, 0.15) is 0 Å². The number of rotatable bonds is 2. The molecular weight excluding hydrogens is 184 g/mol. The molecule has 15 heavy (non-hydrogen) atoms. The molecule has 0 saturated carbocycles. The van der Waals surface area contributed by atoms with Crippen LogP contribution in [0, 0.1) is 0 Å². The van der Waals surface area contributed by atoms with Crippen LogP contribution in [-0.4, -0.2) is 22.8 Å². The van der Waals surface area contributed by atoms with Gasteiger partial charge in [-0.3, -0.25) is 4.99 Å². The summed E-state index contributed by atoms with van der Waals surface area (Å²) in [6.45, 7) is 8.45. The van der Waals surface area contributed by atoms with Crippen LogP contribution in [0.2, 0.25) is 0 Å². The zero-order chi connectivity index (χ0) is 10.9. The van der Waals surface area contributed by atoms with Crippen molar-refractivity contribution in [1.29, 1.82) is 0 Å². The van der Waals surface area contributed by atoms with Crippen molar-refractivity contribution in [3.8, 4) is 0 Å². The minimum absolute atomic E-state index is 0.0822. The van der Waals surface area contributed by atoms with Crippen molar-refractivity contribution >= 4 is 5.84 Å². The van der Waals surface area contributed by atoms with Gasteiger partial charge in [0.25, 0.3) is 0 Å². The summed E-state index contributed by atoms with van der Waals surface area (Å²) in [5.41, 5.74) is 1.43. The molecule has 1 aliphatic heterocycles. The summed E-state index contributed by atoms with van der Waals surface area (Å²) < 4.78 is 0. The van der Waals surface area contributed by atoms with E-state index in [9.17, 15) is 0 Å². The largest absolute Gasteiger partial charge is 0.354 e. The minimum Gasteiger partial charge on any atom is -0.354 e. The lowest BCUT2D eigenvalue weighted by molar-refractivity contribution is 0.369. The monoisotopic (exact) mass is 202 g/mol. The van der Waals surface area contributed by atoms with E-state index in [2.05, 4.69) is 61.0 Å². The molecule has 1 aromatic rings. The van der Waals surface area contributed by atoms with E-state index in [0.29, 0.717) is 0 Å². The molecular formula is C13H18N2. The number of aliphatic imine (C=N–C) groups is 1. The molecule has 0 aliphatic carbocycles. The predicted octanol–water partition coefficient (Wildman–Crippen LogP) is 2.70. The SMILES string of the molecule is CC1=NC(C)(C)CN1Cc1ccccc1. The van der Waals surface area contributed by atoms with Gasteiger partial charge in [0.05, 0.1) is 11.4 Å². The Balaban J connectivity index is 2.07. The van der Waals surface area contributed by atoms with Crippen LogP contribution in [0.4, 0.5) is 0 Å². The van der Waals surface area contributed by atoms with Gasteiger partial charge in [-0.15, -0.1) is 0 Å². The molecule has 2 nitrogen and oxygen atoms in total. The van der Waals surface area contributed by atoms with Crippen LogP contribution in [0.3, 0.4) is 0 Å². The van der Waals surface area contributed by atoms with E-state index in [-0.39, 0.29) is 5.54 Å². The van der Waals surface area contributed by atoms with Gasteiger partial charge < -0.3 is 4.90 Å². The number of benzene rings is 1. The zero-order valence-electron chi connectivity index (χ0n) is 9.70. The Morgan fingerprint density at radius 3 is 2.47 bits per heavy atom. The summed E-state index contributed by atoms with van der Waals surface area (Å²) in [6.07, 6.45) is 0. The Morgan fingerprint density at radius 1 is 1.27 bits per heavy atom. The Morgan fingerprint density at radius 2 is 1.93 bits per heavy atom. The molecule has 0 spiro atoms. The summed E-state index contributed by atoms with van der Waals surface area (Å²) in [5, 5.41) is 0. The van der Waals surface area contributed by atoms with Crippen molar-refractivity contribution in [3.05, 3.63) is 35.9 Å². The first-order valence-electron chi connectivity index (χ1n) is 5.42. The van der Waals surface area contributed by atoms with E-state index in [1.807, 2.05) is 0 Å². The number of hydrogen-bond donors (Lipinski definition) is 0. The molecule has 1 heterocycles. The predicted molar refractivity (Wildman–Crippen MR) is 64.0 cm³/mol. The fourth-order valence-corrected chi connectivity index (χ4v) is 2.10. The average molecular weight is 202 g/mol. The molecule has 2 rings (SSSR count). The molecule has 1 aromatic carbocycles. The summed E-state index contributed by atoms with van der Waals surface area (Å²) >= 11 is 0. The topological polar surface area (TPSA) is 15.6 Å². The second-order valence-electron chi connectivity index (χ2n) is 4.81. The fourth-order valence-electron chi connectivity index (χ4n) is 2.10. The molecule has 0 amide bonds. The molecule has 1 aliphatic rings. The number of nitrogens with zero attached hydrogens (tertiary/aromatic N) is 2. The van der Waals surface area contributed by atoms with Crippen LogP contribution < -0.4 is 0 Å². The molecule has 0 radical (unpaired) electrons. The molecule has 0 fully saturated rings. The highest BCUT2D eigenvalue weighted by molar-refractivity contribution is 5.82. The molecule has 0 saturated heterocycles. The maximum absolute atomic E-state index is 4.64. The Labute approximate surface area is 91.6 Å². The first kappa shape index (κ1) is 10.2. The van der Waals surface area contributed by atoms with Crippen LogP contribution in [-0.2, 0) is 6.54 Å². The van der Waals surface area contributed by atoms with E-state index in [0.717, 1.165) is 18.9 Å². The van der Waals surface area contributed by atoms with Crippen molar-refractivity contribution < 1.29 is 0 Å². The lowest BCUT2D eigenvalue weighted by atomic mass is 10.1. The molecule has 80 valence electrons. The van der Waals surface area contributed by atoms with Crippen LogP contribution >= 0.6 is 0 Å². The molecule has 0 N–H and O–H groups in total. The molecule has 0 atom stereocenters.